The Bertz CT molecular complexity index is 750. The van der Waals surface area contributed by atoms with Crippen molar-refractivity contribution in [2.75, 3.05) is 0 Å². The van der Waals surface area contributed by atoms with E-state index < -0.39 is 6.10 Å². The summed E-state index contributed by atoms with van der Waals surface area (Å²) in [4.78, 5) is 13.2. The first-order valence-corrected chi connectivity index (χ1v) is 8.21. The lowest BCUT2D eigenvalue weighted by Gasteiger charge is -2.14. The van der Waals surface area contributed by atoms with Crippen LogP contribution < -0.4 is 10.1 Å². The fourth-order valence-corrected chi connectivity index (χ4v) is 2.93. The van der Waals surface area contributed by atoms with Gasteiger partial charge in [-0.25, -0.2) is 0 Å². The summed E-state index contributed by atoms with van der Waals surface area (Å²) in [6, 6.07) is 15.1. The number of thiophene rings is 1. The van der Waals surface area contributed by atoms with Crippen molar-refractivity contribution in [2.45, 2.75) is 19.6 Å². The van der Waals surface area contributed by atoms with E-state index in [0.29, 0.717) is 12.3 Å². The van der Waals surface area contributed by atoms with E-state index in [2.05, 4.69) is 5.32 Å². The molecule has 2 aromatic heterocycles. The number of rotatable bonds is 6. The van der Waals surface area contributed by atoms with Crippen LogP contribution >= 0.6 is 11.3 Å². The van der Waals surface area contributed by atoms with Gasteiger partial charge in [-0.3, -0.25) is 4.79 Å². The maximum absolute atomic E-state index is 12.1. The third-order valence-corrected chi connectivity index (χ3v) is 4.26. The molecule has 1 amide bonds. The molecule has 0 aliphatic carbocycles. The Labute approximate surface area is 138 Å². The Hall–Kier alpha value is -2.53. The Balaban J connectivity index is 1.52. The topological polar surface area (TPSA) is 51.5 Å². The highest BCUT2D eigenvalue weighted by Gasteiger charge is 2.14. The maximum Gasteiger partial charge on any atom is 0.261 e. The van der Waals surface area contributed by atoms with Crippen LogP contribution in [-0.2, 0) is 11.3 Å². The van der Waals surface area contributed by atoms with Gasteiger partial charge in [0.2, 0.25) is 0 Å². The maximum atomic E-state index is 12.1. The van der Waals surface area contributed by atoms with Crippen LogP contribution in [0.3, 0.4) is 0 Å². The zero-order chi connectivity index (χ0) is 16.1. The monoisotopic (exact) mass is 327 g/mol. The number of ether oxygens (including phenoxy) is 1. The van der Waals surface area contributed by atoms with Crippen LogP contribution in [0.15, 0.2) is 64.6 Å². The standard InChI is InChI=1S/C18H17NO3S/c1-13(22-15-6-3-2-4-7-15)18(20)19-11-16-10-14(12-23-16)17-8-5-9-21-17/h2-10,12-13H,11H2,1H3,(H,19,20). The van der Waals surface area contributed by atoms with Crippen molar-refractivity contribution in [2.24, 2.45) is 0 Å². The number of amides is 1. The van der Waals surface area contributed by atoms with Crippen molar-refractivity contribution >= 4 is 17.2 Å². The second-order valence-corrected chi connectivity index (χ2v) is 6.07. The van der Waals surface area contributed by atoms with Crippen molar-refractivity contribution < 1.29 is 13.9 Å². The van der Waals surface area contributed by atoms with Crippen LogP contribution in [0.4, 0.5) is 0 Å². The lowest BCUT2D eigenvalue weighted by molar-refractivity contribution is -0.127. The SMILES string of the molecule is CC(Oc1ccccc1)C(=O)NCc1cc(-c2ccco2)cs1. The molecule has 2 heterocycles. The summed E-state index contributed by atoms with van der Waals surface area (Å²) in [5, 5.41) is 4.91. The largest absolute Gasteiger partial charge is 0.481 e. The molecule has 0 bridgehead atoms. The van der Waals surface area contributed by atoms with E-state index >= 15 is 0 Å². The normalized spacial score (nSPS) is 11.9. The molecule has 118 valence electrons. The summed E-state index contributed by atoms with van der Waals surface area (Å²) < 4.78 is 11.0. The summed E-state index contributed by atoms with van der Waals surface area (Å²) in [7, 11) is 0. The molecular weight excluding hydrogens is 310 g/mol. The quantitative estimate of drug-likeness (QED) is 0.742. The van der Waals surface area contributed by atoms with Crippen molar-refractivity contribution in [1.29, 1.82) is 0 Å². The summed E-state index contributed by atoms with van der Waals surface area (Å²) in [6.07, 6.45) is 1.11. The van der Waals surface area contributed by atoms with Gasteiger partial charge >= 0.3 is 0 Å². The second kappa shape index (κ2) is 7.15. The van der Waals surface area contributed by atoms with Crippen molar-refractivity contribution in [3.05, 3.63) is 65.1 Å². The zero-order valence-corrected chi connectivity index (χ0v) is 13.5. The molecular formula is C18H17NO3S. The highest BCUT2D eigenvalue weighted by molar-refractivity contribution is 7.10. The minimum Gasteiger partial charge on any atom is -0.481 e. The number of hydrogen-bond donors (Lipinski definition) is 1. The predicted molar refractivity (Wildman–Crippen MR) is 90.4 cm³/mol. The van der Waals surface area contributed by atoms with E-state index in [4.69, 9.17) is 9.15 Å². The third kappa shape index (κ3) is 4.02. The highest BCUT2D eigenvalue weighted by Crippen LogP contribution is 2.25. The van der Waals surface area contributed by atoms with Crippen LogP contribution in [0, 0.1) is 0 Å². The van der Waals surface area contributed by atoms with Gasteiger partial charge in [0.15, 0.2) is 6.10 Å². The number of benzene rings is 1. The third-order valence-electron chi connectivity index (χ3n) is 3.32. The van der Waals surface area contributed by atoms with E-state index in [1.54, 1.807) is 24.5 Å². The van der Waals surface area contributed by atoms with Crippen LogP contribution in [0.1, 0.15) is 11.8 Å². The van der Waals surface area contributed by atoms with Gasteiger partial charge in [-0.15, -0.1) is 11.3 Å². The van der Waals surface area contributed by atoms with E-state index in [0.717, 1.165) is 16.2 Å². The molecule has 3 aromatic rings. The average Bonchev–Trinajstić information content (AvgIpc) is 3.24. The lowest BCUT2D eigenvalue weighted by Crippen LogP contribution is -2.35. The fraction of sp³-hybridized carbons (Fsp3) is 0.167. The number of hydrogen-bond acceptors (Lipinski definition) is 4. The Kier molecular flexibility index (Phi) is 4.78. The molecule has 1 aromatic carbocycles. The summed E-state index contributed by atoms with van der Waals surface area (Å²) in [5.41, 5.74) is 1.03. The van der Waals surface area contributed by atoms with E-state index in [9.17, 15) is 4.79 Å². The second-order valence-electron chi connectivity index (χ2n) is 5.07. The van der Waals surface area contributed by atoms with Crippen LogP contribution in [0.2, 0.25) is 0 Å². The van der Waals surface area contributed by atoms with Crippen LogP contribution in [-0.4, -0.2) is 12.0 Å². The molecule has 1 unspecified atom stereocenters. The summed E-state index contributed by atoms with van der Waals surface area (Å²) in [5.74, 6) is 1.38. The molecule has 1 N–H and O–H groups in total. The van der Waals surface area contributed by atoms with Crippen molar-refractivity contribution in [3.63, 3.8) is 0 Å². The van der Waals surface area contributed by atoms with E-state index in [-0.39, 0.29) is 5.91 Å². The van der Waals surface area contributed by atoms with E-state index in [1.807, 2.05) is 53.9 Å². The number of furan rings is 1. The Morgan fingerprint density at radius 2 is 2.09 bits per heavy atom. The van der Waals surface area contributed by atoms with Gasteiger partial charge in [0.05, 0.1) is 12.8 Å². The first-order valence-electron chi connectivity index (χ1n) is 7.33. The lowest BCUT2D eigenvalue weighted by atomic mass is 10.2. The first kappa shape index (κ1) is 15.4. The molecule has 5 heteroatoms. The smallest absolute Gasteiger partial charge is 0.261 e. The molecule has 3 rings (SSSR count). The number of nitrogens with one attached hydrogen (secondary N) is 1. The molecule has 0 fully saturated rings. The van der Waals surface area contributed by atoms with Gasteiger partial charge in [-0.05, 0) is 37.3 Å². The Morgan fingerprint density at radius 3 is 2.83 bits per heavy atom. The molecule has 0 aliphatic rings. The predicted octanol–water partition coefficient (Wildman–Crippen LogP) is 4.09. The number of para-hydroxylation sites is 1. The minimum atomic E-state index is -0.540. The molecule has 4 nitrogen and oxygen atoms in total. The van der Waals surface area contributed by atoms with Crippen LogP contribution in [0.5, 0.6) is 5.75 Å². The molecule has 0 saturated carbocycles. The molecule has 0 aliphatic heterocycles. The van der Waals surface area contributed by atoms with Gasteiger partial charge < -0.3 is 14.5 Å². The van der Waals surface area contributed by atoms with Crippen molar-refractivity contribution in [1.82, 2.24) is 5.32 Å². The van der Waals surface area contributed by atoms with Gasteiger partial charge in [-0.2, -0.15) is 0 Å². The summed E-state index contributed by atoms with van der Waals surface area (Å²) >= 11 is 1.59. The zero-order valence-electron chi connectivity index (χ0n) is 12.7. The summed E-state index contributed by atoms with van der Waals surface area (Å²) in [6.45, 7) is 2.22. The van der Waals surface area contributed by atoms with Crippen molar-refractivity contribution in [3.8, 4) is 17.1 Å². The molecule has 0 radical (unpaired) electrons. The Morgan fingerprint density at radius 1 is 1.26 bits per heavy atom. The number of carbonyl (C=O) groups excluding carboxylic acids is 1. The average molecular weight is 327 g/mol. The van der Waals surface area contributed by atoms with Gasteiger partial charge in [0, 0.05) is 15.8 Å². The molecule has 0 saturated heterocycles. The molecule has 1 atom stereocenters. The number of carbonyl (C=O) groups is 1. The highest BCUT2D eigenvalue weighted by atomic mass is 32.1. The first-order chi connectivity index (χ1) is 11.2. The molecule has 0 spiro atoms. The van der Waals surface area contributed by atoms with E-state index in [1.165, 1.54) is 0 Å². The fourth-order valence-electron chi connectivity index (χ4n) is 2.12. The minimum absolute atomic E-state index is 0.137. The molecule has 23 heavy (non-hydrogen) atoms. The van der Waals surface area contributed by atoms with Gasteiger partial charge in [0.25, 0.3) is 5.91 Å². The van der Waals surface area contributed by atoms with Crippen LogP contribution in [0.25, 0.3) is 11.3 Å². The van der Waals surface area contributed by atoms with Gasteiger partial charge in [0.1, 0.15) is 11.5 Å². The van der Waals surface area contributed by atoms with Gasteiger partial charge in [-0.1, -0.05) is 18.2 Å².